The maximum Gasteiger partial charge on any atom is 0.156 e. The number of aromatic nitrogens is 3. The summed E-state index contributed by atoms with van der Waals surface area (Å²) in [7, 11) is 0. The van der Waals surface area contributed by atoms with Crippen molar-refractivity contribution in [3.8, 4) is 0 Å². The van der Waals surface area contributed by atoms with Crippen LogP contribution in [-0.4, -0.2) is 14.7 Å². The topological polar surface area (TPSA) is 43.9 Å². The monoisotopic (exact) mass is 231 g/mol. The molecule has 0 unspecified atom stereocenters. The molecule has 0 N–H and O–H groups in total. The lowest BCUT2D eigenvalue weighted by molar-refractivity contribution is 0.370. The number of hydrogen-bond donors (Lipinski definition) is 0. The molecule has 3 rings (SSSR count). The Balaban J connectivity index is 1.81. The normalized spacial score (nSPS) is 16.8. The molecule has 17 heavy (non-hydrogen) atoms. The lowest BCUT2D eigenvalue weighted by Gasteiger charge is -2.11. The Bertz CT molecular complexity index is 494. The first-order valence-corrected chi connectivity index (χ1v) is 6.26. The molecule has 0 aromatic carbocycles. The quantitative estimate of drug-likeness (QED) is 0.815. The Labute approximate surface area is 101 Å². The molecular weight excluding hydrogens is 214 g/mol. The van der Waals surface area contributed by atoms with Gasteiger partial charge >= 0.3 is 0 Å². The van der Waals surface area contributed by atoms with E-state index in [2.05, 4.69) is 14.7 Å². The minimum Gasteiger partial charge on any atom is -0.359 e. The van der Waals surface area contributed by atoms with Crippen LogP contribution in [0.2, 0.25) is 0 Å². The summed E-state index contributed by atoms with van der Waals surface area (Å²) in [4.78, 5) is 4.50. The van der Waals surface area contributed by atoms with Crippen LogP contribution < -0.4 is 0 Å². The van der Waals surface area contributed by atoms with Crippen molar-refractivity contribution in [1.29, 1.82) is 0 Å². The summed E-state index contributed by atoms with van der Waals surface area (Å²) in [5, 5.41) is 3.92. The molecule has 1 saturated carbocycles. The van der Waals surface area contributed by atoms with Crippen LogP contribution in [-0.2, 0) is 6.54 Å². The van der Waals surface area contributed by atoms with Gasteiger partial charge in [0.2, 0.25) is 0 Å². The van der Waals surface area contributed by atoms with Gasteiger partial charge in [-0.2, -0.15) is 0 Å². The van der Waals surface area contributed by atoms with Gasteiger partial charge in [0.25, 0.3) is 0 Å². The lowest BCUT2D eigenvalue weighted by Crippen LogP contribution is -2.07. The predicted molar refractivity (Wildman–Crippen MR) is 63.8 cm³/mol. The molecule has 1 aliphatic rings. The Morgan fingerprint density at radius 1 is 1.41 bits per heavy atom. The maximum absolute atomic E-state index is 5.26. The first-order valence-electron chi connectivity index (χ1n) is 6.26. The third-order valence-electron chi connectivity index (χ3n) is 3.47. The van der Waals surface area contributed by atoms with Crippen molar-refractivity contribution >= 4 is 0 Å². The second-order valence-electron chi connectivity index (χ2n) is 4.83. The van der Waals surface area contributed by atoms with Crippen molar-refractivity contribution in [1.82, 2.24) is 14.7 Å². The Kier molecular flexibility index (Phi) is 2.71. The zero-order chi connectivity index (χ0) is 11.7. The molecule has 0 amide bonds. The molecule has 2 aromatic rings. The molecule has 1 aliphatic carbocycles. The molecule has 4 nitrogen and oxygen atoms in total. The van der Waals surface area contributed by atoms with Crippen molar-refractivity contribution in [3.63, 3.8) is 0 Å². The highest BCUT2D eigenvalue weighted by atomic mass is 16.5. The van der Waals surface area contributed by atoms with Crippen LogP contribution in [0, 0.1) is 6.92 Å². The van der Waals surface area contributed by atoms with Crippen molar-refractivity contribution in [3.05, 3.63) is 35.7 Å². The van der Waals surface area contributed by atoms with Gasteiger partial charge in [0.15, 0.2) is 5.76 Å². The van der Waals surface area contributed by atoms with Crippen molar-refractivity contribution < 1.29 is 4.52 Å². The maximum atomic E-state index is 5.26. The van der Waals surface area contributed by atoms with E-state index < -0.39 is 0 Å². The van der Waals surface area contributed by atoms with Gasteiger partial charge in [0.1, 0.15) is 5.82 Å². The zero-order valence-corrected chi connectivity index (χ0v) is 10.1. The molecule has 90 valence electrons. The van der Waals surface area contributed by atoms with Crippen LogP contribution in [0.3, 0.4) is 0 Å². The number of imidazole rings is 1. The van der Waals surface area contributed by atoms with Crippen molar-refractivity contribution in [2.45, 2.75) is 45.1 Å². The molecule has 2 aromatic heterocycles. The van der Waals surface area contributed by atoms with Crippen LogP contribution in [0.25, 0.3) is 0 Å². The fourth-order valence-corrected chi connectivity index (χ4v) is 2.66. The van der Waals surface area contributed by atoms with Gasteiger partial charge in [-0.05, 0) is 19.8 Å². The summed E-state index contributed by atoms with van der Waals surface area (Å²) < 4.78 is 7.45. The van der Waals surface area contributed by atoms with E-state index >= 15 is 0 Å². The van der Waals surface area contributed by atoms with Gasteiger partial charge < -0.3 is 9.09 Å². The van der Waals surface area contributed by atoms with Crippen LogP contribution >= 0.6 is 0 Å². The van der Waals surface area contributed by atoms with Crippen molar-refractivity contribution in [2.75, 3.05) is 0 Å². The van der Waals surface area contributed by atoms with Gasteiger partial charge in [-0.3, -0.25) is 0 Å². The number of aryl methyl sites for hydroxylation is 1. The van der Waals surface area contributed by atoms with E-state index in [1.165, 1.54) is 31.5 Å². The summed E-state index contributed by atoms with van der Waals surface area (Å²) in [6.07, 6.45) is 9.12. The van der Waals surface area contributed by atoms with Gasteiger partial charge in [-0.15, -0.1) is 0 Å². The molecule has 2 heterocycles. The summed E-state index contributed by atoms with van der Waals surface area (Å²) in [5.41, 5.74) is 0.933. The van der Waals surface area contributed by atoms with E-state index in [1.54, 1.807) is 0 Å². The third kappa shape index (κ3) is 2.12. The van der Waals surface area contributed by atoms with Crippen LogP contribution in [0.5, 0.6) is 0 Å². The Hall–Kier alpha value is -1.58. The fourth-order valence-electron chi connectivity index (χ4n) is 2.66. The molecule has 0 bridgehead atoms. The average molecular weight is 231 g/mol. The first-order chi connectivity index (χ1) is 8.33. The zero-order valence-electron chi connectivity index (χ0n) is 10.1. The molecule has 0 atom stereocenters. The van der Waals surface area contributed by atoms with Gasteiger partial charge in [-0.25, -0.2) is 4.98 Å². The van der Waals surface area contributed by atoms with Gasteiger partial charge in [0.05, 0.1) is 12.2 Å². The molecule has 0 radical (unpaired) electrons. The highest BCUT2D eigenvalue weighted by Gasteiger charge is 2.21. The second-order valence-corrected chi connectivity index (χ2v) is 4.83. The molecule has 1 fully saturated rings. The standard InChI is InChI=1S/C13H17N3O/c1-10-8-12(17-15-10)9-16-7-6-14-13(16)11-4-2-3-5-11/h6-8,11H,2-5,9H2,1H3. The average Bonchev–Trinajstić information content (AvgIpc) is 3.00. The molecule has 0 saturated heterocycles. The summed E-state index contributed by atoms with van der Waals surface area (Å²) >= 11 is 0. The molecule has 0 spiro atoms. The highest BCUT2D eigenvalue weighted by molar-refractivity contribution is 5.08. The van der Waals surface area contributed by atoms with E-state index in [-0.39, 0.29) is 0 Å². The summed E-state index contributed by atoms with van der Waals surface area (Å²) in [6.45, 7) is 2.69. The largest absolute Gasteiger partial charge is 0.359 e. The number of hydrogen-bond acceptors (Lipinski definition) is 3. The van der Waals surface area contributed by atoms with Crippen LogP contribution in [0.4, 0.5) is 0 Å². The second kappa shape index (κ2) is 4.35. The van der Waals surface area contributed by atoms with E-state index in [1.807, 2.05) is 25.4 Å². The number of rotatable bonds is 3. The highest BCUT2D eigenvalue weighted by Crippen LogP contribution is 2.33. The van der Waals surface area contributed by atoms with Crippen LogP contribution in [0.15, 0.2) is 23.0 Å². The van der Waals surface area contributed by atoms with Crippen molar-refractivity contribution in [2.24, 2.45) is 0 Å². The van der Waals surface area contributed by atoms with E-state index in [9.17, 15) is 0 Å². The number of nitrogens with zero attached hydrogens (tertiary/aromatic N) is 3. The minimum atomic E-state index is 0.633. The first kappa shape index (κ1) is 10.6. The molecule has 0 aliphatic heterocycles. The molecule has 4 heteroatoms. The minimum absolute atomic E-state index is 0.633. The smallest absolute Gasteiger partial charge is 0.156 e. The van der Waals surface area contributed by atoms with E-state index in [0.717, 1.165) is 18.0 Å². The summed E-state index contributed by atoms with van der Waals surface area (Å²) in [5.74, 6) is 2.74. The van der Waals surface area contributed by atoms with Gasteiger partial charge in [-0.1, -0.05) is 18.0 Å². The Morgan fingerprint density at radius 2 is 2.24 bits per heavy atom. The molecular formula is C13H17N3O. The summed E-state index contributed by atoms with van der Waals surface area (Å²) in [6, 6.07) is 1.98. The Morgan fingerprint density at radius 3 is 2.94 bits per heavy atom. The lowest BCUT2D eigenvalue weighted by atomic mass is 10.1. The van der Waals surface area contributed by atoms with E-state index in [0.29, 0.717) is 5.92 Å². The third-order valence-corrected chi connectivity index (χ3v) is 3.47. The predicted octanol–water partition coefficient (Wildman–Crippen LogP) is 2.89. The van der Waals surface area contributed by atoms with E-state index in [4.69, 9.17) is 4.52 Å². The van der Waals surface area contributed by atoms with Crippen LogP contribution in [0.1, 0.15) is 48.9 Å². The SMILES string of the molecule is Cc1cc(Cn2ccnc2C2CCCC2)on1. The van der Waals surface area contributed by atoms with Gasteiger partial charge in [0, 0.05) is 24.4 Å². The fraction of sp³-hybridized carbons (Fsp3) is 0.538.